The molecule has 1 atom stereocenters. The molecule has 0 fully saturated rings. The molecule has 0 saturated heterocycles. The van der Waals surface area contributed by atoms with E-state index in [-0.39, 0.29) is 6.42 Å². The summed E-state index contributed by atoms with van der Waals surface area (Å²) >= 11 is 0. The van der Waals surface area contributed by atoms with Crippen molar-refractivity contribution in [3.05, 3.63) is 12.2 Å². The van der Waals surface area contributed by atoms with Gasteiger partial charge in [-0.2, -0.15) is 0 Å². The van der Waals surface area contributed by atoms with Crippen LogP contribution in [-0.4, -0.2) is 34.3 Å². The van der Waals surface area contributed by atoms with Crippen molar-refractivity contribution in [3.63, 3.8) is 0 Å². The summed E-state index contributed by atoms with van der Waals surface area (Å²) in [4.78, 5) is 45.9. The molecule has 0 aromatic heterocycles. The van der Waals surface area contributed by atoms with Crippen molar-refractivity contribution >= 4 is 23.6 Å². The van der Waals surface area contributed by atoms with E-state index in [1.165, 1.54) is 44.9 Å². The Hall–Kier alpha value is -2.22. The van der Waals surface area contributed by atoms with Crippen LogP contribution in [-0.2, 0) is 19.2 Å². The normalized spacial score (nSPS) is 13.1. The molecular weight excluding hydrogens is 410 g/mol. The zero-order chi connectivity index (χ0) is 24.2. The number of carbonyl (C=O) groups is 4. The summed E-state index contributed by atoms with van der Waals surface area (Å²) in [5, 5.41) is 12.1. The van der Waals surface area contributed by atoms with Crippen LogP contribution < -0.4 is 16.8 Å². The van der Waals surface area contributed by atoms with Crippen molar-refractivity contribution in [3.8, 4) is 0 Å². The number of unbranched alkanes of at least 4 members (excludes halogenated alkanes) is 11. The lowest BCUT2D eigenvalue weighted by Crippen LogP contribution is -2.50. The highest BCUT2D eigenvalue weighted by Crippen LogP contribution is 2.15. The lowest BCUT2D eigenvalue weighted by atomic mass is 9.94. The highest BCUT2D eigenvalue weighted by Gasteiger charge is 2.38. The van der Waals surface area contributed by atoms with Crippen LogP contribution in [0.1, 0.15) is 110 Å². The van der Waals surface area contributed by atoms with Gasteiger partial charge >= 0.3 is 0 Å². The van der Waals surface area contributed by atoms with Gasteiger partial charge in [0.05, 0.1) is 12.8 Å². The van der Waals surface area contributed by atoms with Crippen LogP contribution in [0.15, 0.2) is 12.2 Å². The lowest BCUT2D eigenvalue weighted by molar-refractivity contribution is -0.147. The van der Waals surface area contributed by atoms with Crippen molar-refractivity contribution in [1.29, 1.82) is 0 Å². The van der Waals surface area contributed by atoms with E-state index in [0.29, 0.717) is 6.42 Å². The molecule has 8 heteroatoms. The Morgan fingerprint density at radius 2 is 1.25 bits per heavy atom. The quantitative estimate of drug-likeness (QED) is 0.165. The van der Waals surface area contributed by atoms with Gasteiger partial charge in [0.1, 0.15) is 0 Å². The Balaban J connectivity index is 3.75. The Labute approximate surface area is 192 Å². The largest absolute Gasteiger partial charge is 0.379 e. The first-order valence-electron chi connectivity index (χ1n) is 12.0. The van der Waals surface area contributed by atoms with Crippen molar-refractivity contribution in [1.82, 2.24) is 5.32 Å². The Bertz CT molecular complexity index is 606. The number of hydrogen-bond donors (Lipinski definition) is 4. The minimum atomic E-state index is -2.39. The zero-order valence-electron chi connectivity index (χ0n) is 19.7. The van der Waals surface area contributed by atoms with Gasteiger partial charge in [0.2, 0.25) is 23.6 Å². The van der Waals surface area contributed by atoms with Crippen LogP contribution >= 0.6 is 0 Å². The molecule has 0 spiro atoms. The van der Waals surface area contributed by atoms with Gasteiger partial charge in [-0.15, -0.1) is 0 Å². The molecule has 0 radical (unpaired) electrons. The Morgan fingerprint density at radius 1 is 0.750 bits per heavy atom. The fourth-order valence-corrected chi connectivity index (χ4v) is 3.41. The molecule has 1 unspecified atom stereocenters. The summed E-state index contributed by atoms with van der Waals surface area (Å²) in [5.74, 6) is -3.57. The van der Waals surface area contributed by atoms with E-state index in [2.05, 4.69) is 24.4 Å². The van der Waals surface area contributed by atoms with Crippen molar-refractivity contribution < 1.29 is 24.3 Å². The third-order valence-electron chi connectivity index (χ3n) is 5.32. The molecule has 0 aliphatic carbocycles. The van der Waals surface area contributed by atoms with Gasteiger partial charge in [0.15, 0.2) is 5.60 Å². The predicted molar refractivity (Wildman–Crippen MR) is 125 cm³/mol. The highest BCUT2D eigenvalue weighted by atomic mass is 16.3. The maximum absolute atomic E-state index is 11.9. The number of rotatable bonds is 20. The van der Waals surface area contributed by atoms with Gasteiger partial charge in [-0.25, -0.2) is 0 Å². The second kappa shape index (κ2) is 18.4. The highest BCUT2D eigenvalue weighted by molar-refractivity contribution is 5.99. The zero-order valence-corrected chi connectivity index (χ0v) is 19.7. The number of nitrogens with one attached hydrogen (secondary N) is 1. The Kier molecular flexibility index (Phi) is 17.1. The van der Waals surface area contributed by atoms with Crippen LogP contribution in [0.25, 0.3) is 0 Å². The van der Waals surface area contributed by atoms with E-state index >= 15 is 0 Å². The van der Waals surface area contributed by atoms with Gasteiger partial charge in [0, 0.05) is 6.42 Å². The molecule has 0 heterocycles. The number of aliphatic hydroxyl groups is 1. The molecule has 0 bridgehead atoms. The fourth-order valence-electron chi connectivity index (χ4n) is 3.41. The molecule has 32 heavy (non-hydrogen) atoms. The topological polar surface area (TPSA) is 153 Å². The molecule has 0 aliphatic rings. The molecule has 6 N–H and O–H groups in total. The second-order valence-electron chi connectivity index (χ2n) is 8.52. The number of carbonyl (C=O) groups excluding carboxylic acids is 4. The lowest BCUT2D eigenvalue weighted by Gasteiger charge is -2.22. The van der Waals surface area contributed by atoms with E-state index in [0.717, 1.165) is 32.1 Å². The van der Waals surface area contributed by atoms with Crippen LogP contribution in [0.2, 0.25) is 0 Å². The summed E-state index contributed by atoms with van der Waals surface area (Å²) < 4.78 is 0. The molecule has 0 aliphatic heterocycles. The first-order chi connectivity index (χ1) is 15.2. The molecule has 4 amide bonds. The number of allylic oxidation sites excluding steroid dienone is 2. The average Bonchev–Trinajstić information content (AvgIpc) is 2.69. The van der Waals surface area contributed by atoms with Crippen LogP contribution in [0, 0.1) is 0 Å². The third-order valence-corrected chi connectivity index (χ3v) is 5.32. The van der Waals surface area contributed by atoms with E-state index in [1.807, 2.05) is 0 Å². The number of amides is 4. The minimum Gasteiger partial charge on any atom is -0.379 e. The average molecular weight is 454 g/mol. The SMILES string of the molecule is CCCCCCCC/C=C\CCCCCCCC(=O)NC(=O)CC(O)(CC(N)=O)C(N)=O. The van der Waals surface area contributed by atoms with Crippen molar-refractivity contribution in [2.75, 3.05) is 0 Å². The van der Waals surface area contributed by atoms with Crippen molar-refractivity contribution in [2.45, 2.75) is 115 Å². The van der Waals surface area contributed by atoms with E-state index in [9.17, 15) is 24.3 Å². The standard InChI is InChI=1S/C24H43N3O5/c1-2-3-4-5-6-7-8-9-10-11-12-13-14-15-16-17-21(29)27-22(30)19-24(32,23(26)31)18-20(25)28/h9-10,32H,2-8,11-19H2,1H3,(H2,25,28)(H2,26,31)(H,27,29,30)/b10-9-. The first-order valence-corrected chi connectivity index (χ1v) is 12.0. The molecule has 0 aromatic carbocycles. The van der Waals surface area contributed by atoms with Gasteiger partial charge in [-0.3, -0.25) is 24.5 Å². The minimum absolute atomic E-state index is 0.175. The molecular formula is C24H43N3O5. The number of imide groups is 1. The first kappa shape index (κ1) is 29.8. The third kappa shape index (κ3) is 16.5. The molecule has 184 valence electrons. The summed E-state index contributed by atoms with van der Waals surface area (Å²) in [5.41, 5.74) is 7.60. The van der Waals surface area contributed by atoms with Crippen LogP contribution in [0.5, 0.6) is 0 Å². The van der Waals surface area contributed by atoms with E-state index in [1.54, 1.807) is 0 Å². The van der Waals surface area contributed by atoms with E-state index in [4.69, 9.17) is 11.5 Å². The van der Waals surface area contributed by atoms with Gasteiger partial charge in [0.25, 0.3) is 0 Å². The summed E-state index contributed by atoms with van der Waals surface area (Å²) in [6.45, 7) is 2.23. The molecule has 8 nitrogen and oxygen atoms in total. The monoisotopic (exact) mass is 453 g/mol. The van der Waals surface area contributed by atoms with Gasteiger partial charge < -0.3 is 16.6 Å². The maximum Gasteiger partial charge on any atom is 0.250 e. The fraction of sp³-hybridized carbons (Fsp3) is 0.750. The van der Waals surface area contributed by atoms with Crippen LogP contribution in [0.4, 0.5) is 0 Å². The number of hydrogen-bond acceptors (Lipinski definition) is 5. The molecule has 0 rings (SSSR count). The van der Waals surface area contributed by atoms with E-state index < -0.39 is 42.1 Å². The van der Waals surface area contributed by atoms with Gasteiger partial charge in [-0.1, -0.05) is 70.4 Å². The molecule has 0 saturated carbocycles. The van der Waals surface area contributed by atoms with Crippen LogP contribution in [0.3, 0.4) is 0 Å². The smallest absolute Gasteiger partial charge is 0.250 e. The summed E-state index contributed by atoms with van der Waals surface area (Å²) in [7, 11) is 0. The number of nitrogens with two attached hydrogens (primary N) is 2. The summed E-state index contributed by atoms with van der Waals surface area (Å²) in [6.07, 6.45) is 18.1. The maximum atomic E-state index is 11.9. The van der Waals surface area contributed by atoms with Gasteiger partial charge in [-0.05, 0) is 32.1 Å². The Morgan fingerprint density at radius 3 is 1.75 bits per heavy atom. The summed E-state index contributed by atoms with van der Waals surface area (Å²) in [6, 6.07) is 0. The molecule has 0 aromatic rings. The van der Waals surface area contributed by atoms with Crippen molar-refractivity contribution in [2.24, 2.45) is 11.5 Å². The predicted octanol–water partition coefficient (Wildman–Crippen LogP) is 3.15. The second-order valence-corrected chi connectivity index (χ2v) is 8.52. The number of primary amides is 2.